The zero-order chi connectivity index (χ0) is 14.4. The van der Waals surface area contributed by atoms with Crippen LogP contribution < -0.4 is 5.32 Å². The summed E-state index contributed by atoms with van der Waals surface area (Å²) in [5.41, 5.74) is 1.17. The Labute approximate surface area is 123 Å². The highest BCUT2D eigenvalue weighted by atomic mass is 19.1. The van der Waals surface area contributed by atoms with Gasteiger partial charge in [-0.3, -0.25) is 0 Å². The van der Waals surface area contributed by atoms with Gasteiger partial charge in [0.1, 0.15) is 5.82 Å². The molecular formula is C18H28FN. The molecule has 1 aromatic rings. The molecule has 2 rings (SSSR count). The van der Waals surface area contributed by atoms with E-state index in [-0.39, 0.29) is 5.82 Å². The summed E-state index contributed by atoms with van der Waals surface area (Å²) < 4.78 is 13.2. The molecule has 2 heteroatoms. The Morgan fingerprint density at radius 3 is 2.75 bits per heavy atom. The first-order valence-electron chi connectivity index (χ1n) is 8.20. The van der Waals surface area contributed by atoms with Crippen LogP contribution in [0.1, 0.15) is 70.3 Å². The fraction of sp³-hybridized carbons (Fsp3) is 0.667. The van der Waals surface area contributed by atoms with Crippen LogP contribution in [0.3, 0.4) is 0 Å². The minimum atomic E-state index is -0.108. The SMILES string of the molecule is CCCCCCC(C)NC1CC(c2cccc(F)c2)C1. The molecule has 1 aliphatic rings. The number of halogens is 1. The molecule has 1 fully saturated rings. The van der Waals surface area contributed by atoms with E-state index in [1.165, 1.54) is 43.7 Å². The lowest BCUT2D eigenvalue weighted by Crippen LogP contribution is -2.44. The molecule has 0 aromatic heterocycles. The first-order chi connectivity index (χ1) is 9.69. The van der Waals surface area contributed by atoms with Gasteiger partial charge in [-0.05, 0) is 49.8 Å². The van der Waals surface area contributed by atoms with Crippen molar-refractivity contribution in [1.82, 2.24) is 5.32 Å². The van der Waals surface area contributed by atoms with Gasteiger partial charge in [-0.25, -0.2) is 4.39 Å². The van der Waals surface area contributed by atoms with Crippen molar-refractivity contribution < 1.29 is 4.39 Å². The number of rotatable bonds is 8. The van der Waals surface area contributed by atoms with Crippen molar-refractivity contribution in [3.05, 3.63) is 35.6 Å². The monoisotopic (exact) mass is 277 g/mol. The van der Waals surface area contributed by atoms with Crippen LogP contribution in [0.2, 0.25) is 0 Å². The summed E-state index contributed by atoms with van der Waals surface area (Å²) in [7, 11) is 0. The van der Waals surface area contributed by atoms with Crippen molar-refractivity contribution in [3.63, 3.8) is 0 Å². The Hall–Kier alpha value is -0.890. The van der Waals surface area contributed by atoms with E-state index in [1.54, 1.807) is 6.07 Å². The van der Waals surface area contributed by atoms with Crippen LogP contribution in [-0.2, 0) is 0 Å². The third-order valence-electron chi connectivity index (χ3n) is 4.47. The van der Waals surface area contributed by atoms with Crippen LogP contribution in [0, 0.1) is 5.82 Å². The van der Waals surface area contributed by atoms with Crippen LogP contribution in [0.25, 0.3) is 0 Å². The highest BCUT2D eigenvalue weighted by Crippen LogP contribution is 2.37. The van der Waals surface area contributed by atoms with Crippen molar-refractivity contribution in [2.24, 2.45) is 0 Å². The zero-order valence-electron chi connectivity index (χ0n) is 12.9. The number of nitrogens with one attached hydrogen (secondary N) is 1. The first kappa shape index (κ1) is 15.5. The van der Waals surface area contributed by atoms with E-state index in [0.717, 1.165) is 12.8 Å². The molecule has 0 heterocycles. The van der Waals surface area contributed by atoms with Crippen LogP contribution >= 0.6 is 0 Å². The molecule has 1 atom stereocenters. The van der Waals surface area contributed by atoms with Gasteiger partial charge in [0, 0.05) is 12.1 Å². The maximum atomic E-state index is 13.2. The lowest BCUT2D eigenvalue weighted by molar-refractivity contribution is 0.263. The van der Waals surface area contributed by atoms with Gasteiger partial charge in [0.2, 0.25) is 0 Å². The molecule has 1 unspecified atom stereocenters. The highest BCUT2D eigenvalue weighted by Gasteiger charge is 2.30. The Kier molecular flexibility index (Phi) is 6.03. The van der Waals surface area contributed by atoms with E-state index >= 15 is 0 Å². The van der Waals surface area contributed by atoms with Crippen molar-refractivity contribution in [3.8, 4) is 0 Å². The minimum absolute atomic E-state index is 0.108. The fourth-order valence-corrected chi connectivity index (χ4v) is 3.15. The molecule has 1 saturated carbocycles. The van der Waals surface area contributed by atoms with E-state index < -0.39 is 0 Å². The average molecular weight is 277 g/mol. The Morgan fingerprint density at radius 1 is 1.25 bits per heavy atom. The van der Waals surface area contributed by atoms with E-state index in [9.17, 15) is 4.39 Å². The molecule has 1 aromatic carbocycles. The highest BCUT2D eigenvalue weighted by molar-refractivity contribution is 5.23. The Balaban J connectivity index is 1.64. The predicted octanol–water partition coefficient (Wildman–Crippen LogP) is 5.02. The number of hydrogen-bond donors (Lipinski definition) is 1. The molecule has 112 valence electrons. The van der Waals surface area contributed by atoms with E-state index in [4.69, 9.17) is 0 Å². The smallest absolute Gasteiger partial charge is 0.123 e. The second-order valence-corrected chi connectivity index (χ2v) is 6.34. The first-order valence-corrected chi connectivity index (χ1v) is 8.20. The van der Waals surface area contributed by atoms with E-state index in [1.807, 2.05) is 6.07 Å². The standard InChI is InChI=1S/C18H28FN/c1-3-4-5-6-8-14(2)20-18-12-16(13-18)15-9-7-10-17(19)11-15/h7,9-11,14,16,18,20H,3-6,8,12-13H2,1-2H3. The molecular weight excluding hydrogens is 249 g/mol. The fourth-order valence-electron chi connectivity index (χ4n) is 3.15. The van der Waals surface area contributed by atoms with Gasteiger partial charge in [0.15, 0.2) is 0 Å². The summed E-state index contributed by atoms with van der Waals surface area (Å²) in [5.74, 6) is 0.443. The number of hydrogen-bond acceptors (Lipinski definition) is 1. The summed E-state index contributed by atoms with van der Waals surface area (Å²) in [4.78, 5) is 0. The van der Waals surface area contributed by atoms with Crippen molar-refractivity contribution in [1.29, 1.82) is 0 Å². The maximum absolute atomic E-state index is 13.2. The largest absolute Gasteiger partial charge is 0.311 e. The summed E-state index contributed by atoms with van der Waals surface area (Å²) >= 11 is 0. The van der Waals surface area contributed by atoms with Gasteiger partial charge in [0.25, 0.3) is 0 Å². The van der Waals surface area contributed by atoms with Gasteiger partial charge in [-0.2, -0.15) is 0 Å². The normalized spacial score (nSPS) is 23.4. The zero-order valence-corrected chi connectivity index (χ0v) is 12.9. The summed E-state index contributed by atoms with van der Waals surface area (Å²) in [6.07, 6.45) is 8.95. The van der Waals surface area contributed by atoms with Gasteiger partial charge in [-0.1, -0.05) is 44.7 Å². The summed E-state index contributed by atoms with van der Waals surface area (Å²) in [6, 6.07) is 8.33. The molecule has 1 aliphatic carbocycles. The van der Waals surface area contributed by atoms with Crippen LogP contribution in [0.4, 0.5) is 4.39 Å². The molecule has 0 saturated heterocycles. The van der Waals surface area contributed by atoms with Gasteiger partial charge in [0.05, 0.1) is 0 Å². The molecule has 1 nitrogen and oxygen atoms in total. The maximum Gasteiger partial charge on any atom is 0.123 e. The van der Waals surface area contributed by atoms with Gasteiger partial charge in [-0.15, -0.1) is 0 Å². The van der Waals surface area contributed by atoms with Crippen LogP contribution in [0.15, 0.2) is 24.3 Å². The summed E-state index contributed by atoms with van der Waals surface area (Å²) in [6.45, 7) is 4.55. The second-order valence-electron chi connectivity index (χ2n) is 6.34. The average Bonchev–Trinajstić information content (AvgIpc) is 2.38. The van der Waals surface area contributed by atoms with Crippen molar-refractivity contribution in [2.75, 3.05) is 0 Å². The third kappa shape index (κ3) is 4.59. The van der Waals surface area contributed by atoms with Crippen molar-refractivity contribution in [2.45, 2.75) is 76.8 Å². The third-order valence-corrected chi connectivity index (χ3v) is 4.47. The molecule has 20 heavy (non-hydrogen) atoms. The van der Waals surface area contributed by atoms with Crippen LogP contribution in [-0.4, -0.2) is 12.1 Å². The summed E-state index contributed by atoms with van der Waals surface area (Å²) in [5, 5.41) is 3.71. The van der Waals surface area contributed by atoms with Gasteiger partial charge >= 0.3 is 0 Å². The second kappa shape index (κ2) is 7.78. The predicted molar refractivity (Wildman–Crippen MR) is 83.5 cm³/mol. The Morgan fingerprint density at radius 2 is 2.05 bits per heavy atom. The minimum Gasteiger partial charge on any atom is -0.311 e. The quantitative estimate of drug-likeness (QED) is 0.658. The van der Waals surface area contributed by atoms with Crippen LogP contribution in [0.5, 0.6) is 0 Å². The molecule has 0 bridgehead atoms. The van der Waals surface area contributed by atoms with Gasteiger partial charge < -0.3 is 5.32 Å². The molecule has 1 N–H and O–H groups in total. The molecule has 0 aliphatic heterocycles. The van der Waals surface area contributed by atoms with E-state index in [0.29, 0.717) is 18.0 Å². The topological polar surface area (TPSA) is 12.0 Å². The van der Waals surface area contributed by atoms with Crippen molar-refractivity contribution >= 4 is 0 Å². The molecule has 0 amide bonds. The molecule has 0 radical (unpaired) electrons. The van der Waals surface area contributed by atoms with E-state index in [2.05, 4.69) is 25.2 Å². The lowest BCUT2D eigenvalue weighted by atomic mass is 9.75. The lowest BCUT2D eigenvalue weighted by Gasteiger charge is -2.38. The molecule has 0 spiro atoms. The number of benzene rings is 1. The Bertz CT molecular complexity index is 398. The number of unbranched alkanes of at least 4 members (excludes halogenated alkanes) is 3.